The molecule has 0 unspecified atom stereocenters. The quantitative estimate of drug-likeness (QED) is 0.775. The van der Waals surface area contributed by atoms with Crippen molar-refractivity contribution in [1.82, 2.24) is 5.16 Å². The van der Waals surface area contributed by atoms with Gasteiger partial charge in [0.15, 0.2) is 5.76 Å². The Balaban J connectivity index is 1.65. The van der Waals surface area contributed by atoms with Gasteiger partial charge in [0.2, 0.25) is 5.91 Å². The summed E-state index contributed by atoms with van der Waals surface area (Å²) in [6.07, 6.45) is 0.0767. The molecule has 1 N–H and O–H groups in total. The SMILES string of the molecule is O=C(Cc1cc(-c2ccc(F)cc2)on1)Nc1ccc(Cl)cc1. The maximum absolute atomic E-state index is 12.9. The second-order valence-corrected chi connectivity index (χ2v) is 5.36. The Morgan fingerprint density at radius 2 is 1.83 bits per heavy atom. The van der Waals surface area contributed by atoms with Crippen molar-refractivity contribution in [2.45, 2.75) is 6.42 Å². The fourth-order valence-electron chi connectivity index (χ4n) is 2.05. The molecule has 0 bridgehead atoms. The topological polar surface area (TPSA) is 55.1 Å². The van der Waals surface area contributed by atoms with Crippen molar-refractivity contribution in [2.24, 2.45) is 0 Å². The van der Waals surface area contributed by atoms with Crippen LogP contribution in [0.25, 0.3) is 11.3 Å². The second kappa shape index (κ2) is 6.62. The molecule has 0 aliphatic rings. The van der Waals surface area contributed by atoms with Crippen LogP contribution in [0.1, 0.15) is 5.69 Å². The molecule has 2 aromatic carbocycles. The number of anilines is 1. The molecule has 1 aromatic heterocycles. The molecule has 4 nitrogen and oxygen atoms in total. The molecule has 3 aromatic rings. The molecule has 0 saturated heterocycles. The molecule has 23 heavy (non-hydrogen) atoms. The molecule has 116 valence electrons. The van der Waals surface area contributed by atoms with E-state index in [0.717, 1.165) is 0 Å². The molecular weight excluding hydrogens is 319 g/mol. The molecule has 0 aliphatic heterocycles. The standard InChI is InChI=1S/C17H12ClFN2O2/c18-12-3-7-14(8-4-12)20-17(22)10-15-9-16(23-21-15)11-1-5-13(19)6-2-11/h1-9H,10H2,(H,20,22). The van der Waals surface area contributed by atoms with Crippen molar-refractivity contribution in [1.29, 1.82) is 0 Å². The Bertz CT molecular complexity index is 813. The average molecular weight is 331 g/mol. The molecule has 0 fully saturated rings. The highest BCUT2D eigenvalue weighted by molar-refractivity contribution is 6.30. The van der Waals surface area contributed by atoms with Crippen LogP contribution in [0, 0.1) is 5.82 Å². The molecule has 0 radical (unpaired) electrons. The minimum absolute atomic E-state index is 0.0767. The van der Waals surface area contributed by atoms with Crippen LogP contribution in [-0.4, -0.2) is 11.1 Å². The van der Waals surface area contributed by atoms with Crippen LogP contribution in [0.2, 0.25) is 5.02 Å². The van der Waals surface area contributed by atoms with E-state index in [1.807, 2.05) is 0 Å². The number of hydrogen-bond acceptors (Lipinski definition) is 3. The molecule has 0 spiro atoms. The predicted molar refractivity (Wildman–Crippen MR) is 85.7 cm³/mol. The van der Waals surface area contributed by atoms with E-state index in [1.54, 1.807) is 42.5 Å². The monoisotopic (exact) mass is 330 g/mol. The molecule has 1 amide bonds. The van der Waals surface area contributed by atoms with Gasteiger partial charge >= 0.3 is 0 Å². The fraction of sp³-hybridized carbons (Fsp3) is 0.0588. The summed E-state index contributed by atoms with van der Waals surface area (Å²) in [5, 5.41) is 7.21. The normalized spacial score (nSPS) is 10.5. The van der Waals surface area contributed by atoms with Gasteiger partial charge < -0.3 is 9.84 Å². The number of carbonyl (C=O) groups is 1. The zero-order valence-corrected chi connectivity index (χ0v) is 12.7. The van der Waals surface area contributed by atoms with Gasteiger partial charge in [-0.2, -0.15) is 0 Å². The van der Waals surface area contributed by atoms with Crippen LogP contribution >= 0.6 is 11.6 Å². The first-order valence-electron chi connectivity index (χ1n) is 6.87. The lowest BCUT2D eigenvalue weighted by Crippen LogP contribution is -2.14. The third-order valence-corrected chi connectivity index (χ3v) is 3.41. The molecule has 3 rings (SSSR count). The zero-order valence-electron chi connectivity index (χ0n) is 11.9. The summed E-state index contributed by atoms with van der Waals surface area (Å²) in [5.74, 6) is -0.0543. The summed E-state index contributed by atoms with van der Waals surface area (Å²) in [7, 11) is 0. The van der Waals surface area contributed by atoms with E-state index < -0.39 is 0 Å². The number of amides is 1. The van der Waals surface area contributed by atoms with Crippen molar-refractivity contribution in [3.63, 3.8) is 0 Å². The number of halogens is 2. The van der Waals surface area contributed by atoms with E-state index in [9.17, 15) is 9.18 Å². The third kappa shape index (κ3) is 3.96. The van der Waals surface area contributed by atoms with Crippen LogP contribution in [0.15, 0.2) is 59.1 Å². The number of nitrogens with zero attached hydrogens (tertiary/aromatic N) is 1. The van der Waals surface area contributed by atoms with Crippen molar-refractivity contribution < 1.29 is 13.7 Å². The van der Waals surface area contributed by atoms with Gasteiger partial charge in [-0.1, -0.05) is 16.8 Å². The van der Waals surface area contributed by atoms with Gasteiger partial charge in [-0.15, -0.1) is 0 Å². The maximum atomic E-state index is 12.9. The summed E-state index contributed by atoms with van der Waals surface area (Å²) < 4.78 is 18.1. The predicted octanol–water partition coefficient (Wildman–Crippen LogP) is 4.32. The molecule has 0 aliphatic carbocycles. The van der Waals surface area contributed by atoms with E-state index >= 15 is 0 Å². The third-order valence-electron chi connectivity index (χ3n) is 3.16. The first-order chi connectivity index (χ1) is 11.1. The smallest absolute Gasteiger partial charge is 0.230 e. The van der Waals surface area contributed by atoms with Gasteiger partial charge in [-0.25, -0.2) is 4.39 Å². The summed E-state index contributed by atoms with van der Waals surface area (Å²) in [6.45, 7) is 0. The Labute approximate surface area is 136 Å². The number of aromatic nitrogens is 1. The highest BCUT2D eigenvalue weighted by Crippen LogP contribution is 2.21. The lowest BCUT2D eigenvalue weighted by molar-refractivity contribution is -0.115. The van der Waals surface area contributed by atoms with Gasteiger partial charge in [-0.05, 0) is 48.5 Å². The van der Waals surface area contributed by atoms with E-state index in [-0.39, 0.29) is 18.1 Å². The summed E-state index contributed by atoms with van der Waals surface area (Å²) in [5.41, 5.74) is 1.85. The lowest BCUT2D eigenvalue weighted by atomic mass is 10.1. The Hall–Kier alpha value is -2.66. The molecule has 0 saturated carbocycles. The highest BCUT2D eigenvalue weighted by Gasteiger charge is 2.11. The summed E-state index contributed by atoms with van der Waals surface area (Å²) >= 11 is 5.79. The highest BCUT2D eigenvalue weighted by atomic mass is 35.5. The number of rotatable bonds is 4. The largest absolute Gasteiger partial charge is 0.356 e. The van der Waals surface area contributed by atoms with Gasteiger partial charge in [0.05, 0.1) is 12.1 Å². The maximum Gasteiger partial charge on any atom is 0.230 e. The van der Waals surface area contributed by atoms with Gasteiger partial charge in [0.25, 0.3) is 0 Å². The number of nitrogens with one attached hydrogen (secondary N) is 1. The molecule has 0 atom stereocenters. The van der Waals surface area contributed by atoms with Gasteiger partial charge in [-0.3, -0.25) is 4.79 Å². The van der Waals surface area contributed by atoms with Crippen molar-refractivity contribution >= 4 is 23.2 Å². The Morgan fingerprint density at radius 3 is 2.52 bits per heavy atom. The van der Waals surface area contributed by atoms with Crippen LogP contribution < -0.4 is 5.32 Å². The summed E-state index contributed by atoms with van der Waals surface area (Å²) in [4.78, 5) is 12.0. The number of hydrogen-bond donors (Lipinski definition) is 1. The van der Waals surface area contributed by atoms with E-state index in [1.165, 1.54) is 12.1 Å². The van der Waals surface area contributed by atoms with Gasteiger partial charge in [0.1, 0.15) is 5.82 Å². The van der Waals surface area contributed by atoms with Crippen LogP contribution in [0.5, 0.6) is 0 Å². The number of benzene rings is 2. The molecular formula is C17H12ClFN2O2. The zero-order chi connectivity index (χ0) is 16.2. The molecule has 6 heteroatoms. The first kappa shape index (κ1) is 15.2. The average Bonchev–Trinajstić information content (AvgIpc) is 2.98. The minimum Gasteiger partial charge on any atom is -0.356 e. The fourth-order valence-corrected chi connectivity index (χ4v) is 2.17. The van der Waals surface area contributed by atoms with Crippen LogP contribution in [-0.2, 0) is 11.2 Å². The number of carbonyl (C=O) groups excluding carboxylic acids is 1. The molecule has 1 heterocycles. The minimum atomic E-state index is -0.323. The summed E-state index contributed by atoms with van der Waals surface area (Å²) in [6, 6.07) is 14.3. The van der Waals surface area contributed by atoms with Crippen molar-refractivity contribution in [3.8, 4) is 11.3 Å². The van der Waals surface area contributed by atoms with E-state index in [4.69, 9.17) is 16.1 Å². The first-order valence-corrected chi connectivity index (χ1v) is 7.25. The van der Waals surface area contributed by atoms with Gasteiger partial charge in [0, 0.05) is 22.3 Å². The lowest BCUT2D eigenvalue weighted by Gasteiger charge is -2.03. The van der Waals surface area contributed by atoms with Crippen LogP contribution in [0.4, 0.5) is 10.1 Å². The second-order valence-electron chi connectivity index (χ2n) is 4.92. The van der Waals surface area contributed by atoms with Crippen LogP contribution in [0.3, 0.4) is 0 Å². The van der Waals surface area contributed by atoms with Crippen molar-refractivity contribution in [3.05, 3.63) is 71.1 Å². The van der Waals surface area contributed by atoms with Crippen molar-refractivity contribution in [2.75, 3.05) is 5.32 Å². The van der Waals surface area contributed by atoms with E-state index in [2.05, 4.69) is 10.5 Å². The Morgan fingerprint density at radius 1 is 1.13 bits per heavy atom. The Kier molecular flexibility index (Phi) is 4.39. The van der Waals surface area contributed by atoms with E-state index in [0.29, 0.717) is 27.7 Å².